The van der Waals surface area contributed by atoms with Crippen LogP contribution in [0.5, 0.6) is 0 Å². The topological polar surface area (TPSA) is 104 Å². The largest absolute Gasteiger partial charge is 0.460 e. The highest BCUT2D eigenvalue weighted by atomic mass is 16.7. The van der Waals surface area contributed by atoms with Crippen molar-refractivity contribution in [3.05, 3.63) is 47.5 Å². The Morgan fingerprint density at radius 3 is 2.14 bits per heavy atom. The minimum Gasteiger partial charge on any atom is -0.460 e. The van der Waals surface area contributed by atoms with Crippen molar-refractivity contribution in [1.29, 1.82) is 0 Å². The van der Waals surface area contributed by atoms with E-state index in [1.54, 1.807) is 12.1 Å². The van der Waals surface area contributed by atoms with Crippen LogP contribution in [0.15, 0.2) is 36.4 Å². The van der Waals surface area contributed by atoms with Crippen LogP contribution < -0.4 is 0 Å². The number of esters is 1. The van der Waals surface area contributed by atoms with Gasteiger partial charge in [-0.3, -0.25) is 0 Å². The Balaban J connectivity index is 1.76. The molecule has 2 aromatic rings. The molecular formula is C21H28O8. The molecule has 0 spiro atoms. The molecule has 0 aliphatic heterocycles. The summed E-state index contributed by atoms with van der Waals surface area (Å²) in [6.07, 6.45) is 0. The number of carbonyl (C=O) groups is 1. The summed E-state index contributed by atoms with van der Waals surface area (Å²) >= 11 is 0. The molecule has 0 aromatic heterocycles. The van der Waals surface area contributed by atoms with Crippen molar-refractivity contribution in [1.82, 2.24) is 0 Å². The van der Waals surface area contributed by atoms with Crippen molar-refractivity contribution in [2.75, 3.05) is 59.6 Å². The van der Waals surface area contributed by atoms with Crippen LogP contribution in [0.4, 0.5) is 0 Å². The molecule has 2 N–H and O–H groups in total. The van der Waals surface area contributed by atoms with Gasteiger partial charge in [-0.2, -0.15) is 0 Å². The molecule has 2 rings (SSSR count). The number of rotatable bonds is 15. The van der Waals surface area contributed by atoms with E-state index in [-0.39, 0.29) is 39.8 Å². The number of fused-ring (bicyclic) bond motifs is 1. The quantitative estimate of drug-likeness (QED) is 0.260. The van der Waals surface area contributed by atoms with E-state index in [2.05, 4.69) is 0 Å². The second-order valence-electron chi connectivity index (χ2n) is 6.08. The number of benzene rings is 2. The van der Waals surface area contributed by atoms with Crippen LogP contribution in [0.1, 0.15) is 15.9 Å². The molecule has 0 saturated heterocycles. The average molecular weight is 408 g/mol. The van der Waals surface area contributed by atoms with Gasteiger partial charge >= 0.3 is 5.97 Å². The third kappa shape index (κ3) is 8.86. The fourth-order valence-electron chi connectivity index (χ4n) is 2.52. The molecule has 0 bridgehead atoms. The molecule has 0 aliphatic rings. The zero-order valence-electron chi connectivity index (χ0n) is 16.4. The van der Waals surface area contributed by atoms with E-state index in [4.69, 9.17) is 33.9 Å². The number of carbonyl (C=O) groups excluding carboxylic acids is 1. The normalized spacial score (nSPS) is 11.1. The van der Waals surface area contributed by atoms with Gasteiger partial charge in [0.25, 0.3) is 0 Å². The second-order valence-corrected chi connectivity index (χ2v) is 6.08. The van der Waals surface area contributed by atoms with Gasteiger partial charge in [-0.1, -0.05) is 18.2 Å². The molecule has 0 radical (unpaired) electrons. The first kappa shape index (κ1) is 23.2. The molecule has 0 unspecified atom stereocenters. The van der Waals surface area contributed by atoms with Crippen LogP contribution in [0.2, 0.25) is 0 Å². The predicted molar refractivity (Wildman–Crippen MR) is 106 cm³/mol. The Morgan fingerprint density at radius 1 is 0.724 bits per heavy atom. The van der Waals surface area contributed by atoms with Crippen LogP contribution in [0.25, 0.3) is 10.8 Å². The number of ether oxygens (including phenoxy) is 5. The number of hydrogen-bond donors (Lipinski definition) is 2. The van der Waals surface area contributed by atoms with Gasteiger partial charge in [-0.15, -0.1) is 0 Å². The summed E-state index contributed by atoms with van der Waals surface area (Å²) in [7, 11) is 0. The molecule has 29 heavy (non-hydrogen) atoms. The lowest BCUT2D eigenvalue weighted by Crippen LogP contribution is -2.12. The van der Waals surface area contributed by atoms with Crippen LogP contribution in [-0.2, 0) is 30.3 Å². The van der Waals surface area contributed by atoms with Gasteiger partial charge in [0.05, 0.1) is 58.4 Å². The molecule has 8 nitrogen and oxygen atoms in total. The van der Waals surface area contributed by atoms with Crippen molar-refractivity contribution in [3.8, 4) is 0 Å². The third-order valence-electron chi connectivity index (χ3n) is 3.88. The highest BCUT2D eigenvalue weighted by Crippen LogP contribution is 2.19. The first-order valence-electron chi connectivity index (χ1n) is 9.47. The van der Waals surface area contributed by atoms with Crippen molar-refractivity contribution >= 4 is 16.7 Å². The predicted octanol–water partition coefficient (Wildman–Crippen LogP) is 1.51. The van der Waals surface area contributed by atoms with E-state index < -0.39 is 5.97 Å². The number of aliphatic hydroxyl groups is 2. The highest BCUT2D eigenvalue weighted by molar-refractivity contribution is 5.95. The molecule has 0 aliphatic carbocycles. The van der Waals surface area contributed by atoms with Crippen LogP contribution in [0, 0.1) is 0 Å². The van der Waals surface area contributed by atoms with Crippen molar-refractivity contribution in [2.45, 2.75) is 6.61 Å². The Labute approximate surface area is 169 Å². The minimum atomic E-state index is -0.410. The summed E-state index contributed by atoms with van der Waals surface area (Å²) in [5, 5.41) is 19.1. The van der Waals surface area contributed by atoms with Gasteiger partial charge in [-0.25, -0.2) is 4.79 Å². The van der Waals surface area contributed by atoms with Gasteiger partial charge < -0.3 is 33.9 Å². The Bertz CT molecular complexity index is 734. The lowest BCUT2D eigenvalue weighted by atomic mass is 10.0. The summed E-state index contributed by atoms with van der Waals surface area (Å²) in [6, 6.07) is 11.2. The van der Waals surface area contributed by atoms with E-state index in [1.165, 1.54) is 0 Å². The van der Waals surface area contributed by atoms with E-state index in [0.717, 1.165) is 16.3 Å². The lowest BCUT2D eigenvalue weighted by molar-refractivity contribution is -0.0771. The molecular weight excluding hydrogens is 380 g/mol. The Morgan fingerprint density at radius 2 is 1.38 bits per heavy atom. The second kappa shape index (κ2) is 14.0. The summed E-state index contributed by atoms with van der Waals surface area (Å²) in [6.45, 7) is 2.26. The van der Waals surface area contributed by atoms with Gasteiger partial charge in [-0.05, 0) is 34.5 Å². The van der Waals surface area contributed by atoms with Crippen molar-refractivity contribution < 1.29 is 38.7 Å². The highest BCUT2D eigenvalue weighted by Gasteiger charge is 2.08. The standard InChI is InChI=1S/C21H28O8/c22-5-7-25-9-10-27-16-28-15-17-1-2-19-14-20(4-3-18(19)13-17)21(24)29-12-11-26-8-6-23/h1-4,13-14,22-23H,5-12,15-16H2. The molecule has 0 fully saturated rings. The van der Waals surface area contributed by atoms with Gasteiger partial charge in [0.15, 0.2) is 0 Å². The molecule has 8 heteroatoms. The first-order valence-corrected chi connectivity index (χ1v) is 9.47. The number of aliphatic hydroxyl groups excluding tert-OH is 2. The maximum Gasteiger partial charge on any atom is 0.338 e. The Kier molecular flexibility index (Phi) is 11.2. The molecule has 0 heterocycles. The monoisotopic (exact) mass is 408 g/mol. The summed E-state index contributed by atoms with van der Waals surface area (Å²) < 4.78 is 26.1. The zero-order valence-corrected chi connectivity index (χ0v) is 16.4. The average Bonchev–Trinajstić information content (AvgIpc) is 2.75. The van der Waals surface area contributed by atoms with Crippen molar-refractivity contribution in [2.24, 2.45) is 0 Å². The van der Waals surface area contributed by atoms with E-state index in [1.807, 2.05) is 24.3 Å². The molecule has 160 valence electrons. The van der Waals surface area contributed by atoms with Crippen LogP contribution in [0.3, 0.4) is 0 Å². The van der Waals surface area contributed by atoms with E-state index >= 15 is 0 Å². The molecule has 2 aromatic carbocycles. The summed E-state index contributed by atoms with van der Waals surface area (Å²) in [4.78, 5) is 12.1. The summed E-state index contributed by atoms with van der Waals surface area (Å²) in [5.41, 5.74) is 1.47. The molecule has 0 saturated carbocycles. The third-order valence-corrected chi connectivity index (χ3v) is 3.88. The molecule has 0 amide bonds. The lowest BCUT2D eigenvalue weighted by Gasteiger charge is -2.09. The minimum absolute atomic E-state index is 0.00151. The molecule has 0 atom stereocenters. The van der Waals surface area contributed by atoms with Crippen LogP contribution >= 0.6 is 0 Å². The Hall–Kier alpha value is -2.07. The fraction of sp³-hybridized carbons (Fsp3) is 0.476. The van der Waals surface area contributed by atoms with Gasteiger partial charge in [0.2, 0.25) is 0 Å². The maximum atomic E-state index is 12.1. The SMILES string of the molecule is O=C(OCCOCCO)c1ccc2cc(COCOCCOCCO)ccc2c1. The zero-order chi connectivity index (χ0) is 20.7. The van der Waals surface area contributed by atoms with Gasteiger partial charge in [0, 0.05) is 0 Å². The summed E-state index contributed by atoms with van der Waals surface area (Å²) in [5.74, 6) is -0.410. The number of hydrogen-bond acceptors (Lipinski definition) is 8. The fourth-order valence-corrected chi connectivity index (χ4v) is 2.52. The smallest absolute Gasteiger partial charge is 0.338 e. The first-order chi connectivity index (χ1) is 14.2. The van der Waals surface area contributed by atoms with E-state index in [9.17, 15) is 4.79 Å². The van der Waals surface area contributed by atoms with Gasteiger partial charge in [0.1, 0.15) is 13.4 Å². The maximum absolute atomic E-state index is 12.1. The van der Waals surface area contributed by atoms with Crippen molar-refractivity contribution in [3.63, 3.8) is 0 Å². The van der Waals surface area contributed by atoms with E-state index in [0.29, 0.717) is 32.0 Å². The van der Waals surface area contributed by atoms with Crippen LogP contribution in [-0.4, -0.2) is 75.8 Å².